The summed E-state index contributed by atoms with van der Waals surface area (Å²) in [6.45, 7) is 0. The van der Waals surface area contributed by atoms with Crippen molar-refractivity contribution in [3.05, 3.63) is 176 Å². The van der Waals surface area contributed by atoms with Gasteiger partial charge in [0.1, 0.15) is 5.58 Å². The molecule has 12 rings (SSSR count). The second-order valence-electron chi connectivity index (χ2n) is 13.7. The van der Waals surface area contributed by atoms with E-state index < -0.39 is 0 Å². The van der Waals surface area contributed by atoms with Crippen molar-refractivity contribution < 1.29 is 4.42 Å². The largest absolute Gasteiger partial charge is 0.454 e. The third-order valence-electron chi connectivity index (χ3n) is 11.0. The summed E-state index contributed by atoms with van der Waals surface area (Å²) < 4.78 is 14.1. The molecule has 0 bridgehead atoms. The van der Waals surface area contributed by atoms with Crippen LogP contribution in [-0.2, 0) is 0 Å². The van der Waals surface area contributed by atoms with Gasteiger partial charge in [0.15, 0.2) is 5.58 Å². The monoisotopic (exact) mass is 663 g/mol. The van der Waals surface area contributed by atoms with Crippen LogP contribution in [0.1, 0.15) is 0 Å². The highest BCUT2D eigenvalue weighted by Crippen LogP contribution is 2.42. The molecule has 4 nitrogen and oxygen atoms in total. The molecule has 0 radical (unpaired) electrons. The normalized spacial score (nSPS) is 12.2. The Morgan fingerprint density at radius 3 is 1.10 bits per heavy atom. The van der Waals surface area contributed by atoms with E-state index >= 15 is 0 Å². The van der Waals surface area contributed by atoms with Crippen molar-refractivity contribution in [2.45, 2.75) is 0 Å². The molecule has 0 aliphatic carbocycles. The zero-order valence-corrected chi connectivity index (χ0v) is 28.0. The Morgan fingerprint density at radius 2 is 0.654 bits per heavy atom. The van der Waals surface area contributed by atoms with E-state index in [2.05, 4.69) is 190 Å². The fourth-order valence-electron chi connectivity index (χ4n) is 8.85. The molecule has 12 aromatic rings. The third-order valence-corrected chi connectivity index (χ3v) is 11.0. The molecule has 0 atom stereocenters. The number of furan rings is 1. The van der Waals surface area contributed by atoms with E-state index in [0.29, 0.717) is 0 Å². The van der Waals surface area contributed by atoms with E-state index in [-0.39, 0.29) is 0 Å². The van der Waals surface area contributed by atoms with E-state index in [4.69, 9.17) is 4.42 Å². The molecule has 242 valence electrons. The van der Waals surface area contributed by atoms with Gasteiger partial charge in [0.05, 0.1) is 38.8 Å². The summed E-state index contributed by atoms with van der Waals surface area (Å²) in [6.07, 6.45) is 0. The number of nitrogens with zero attached hydrogens (tertiary/aromatic N) is 3. The van der Waals surface area contributed by atoms with Crippen molar-refractivity contribution >= 4 is 87.4 Å². The molecule has 0 saturated carbocycles. The second kappa shape index (κ2) is 10.3. The molecule has 0 saturated heterocycles. The first-order valence-electron chi connectivity index (χ1n) is 17.8. The summed E-state index contributed by atoms with van der Waals surface area (Å²) in [5, 5.41) is 9.57. The fraction of sp³-hybridized carbons (Fsp3) is 0. The van der Waals surface area contributed by atoms with Crippen LogP contribution in [0.2, 0.25) is 0 Å². The lowest BCUT2D eigenvalue weighted by atomic mass is 10.1. The maximum atomic E-state index is 6.96. The van der Waals surface area contributed by atoms with Gasteiger partial charge in [0.2, 0.25) is 0 Å². The molecule has 4 aromatic heterocycles. The molecule has 4 heterocycles. The van der Waals surface area contributed by atoms with Gasteiger partial charge in [-0.1, -0.05) is 109 Å². The molecular weight excluding hydrogens is 635 g/mol. The van der Waals surface area contributed by atoms with E-state index in [1.54, 1.807) is 0 Å². The topological polar surface area (TPSA) is 27.9 Å². The lowest BCUT2D eigenvalue weighted by Crippen LogP contribution is -1.99. The first-order chi connectivity index (χ1) is 25.8. The minimum atomic E-state index is 0.862. The highest BCUT2D eigenvalue weighted by Gasteiger charge is 2.22. The average molecular weight is 664 g/mol. The van der Waals surface area contributed by atoms with E-state index in [1.165, 1.54) is 54.4 Å². The van der Waals surface area contributed by atoms with Crippen molar-refractivity contribution in [2.24, 2.45) is 0 Å². The summed E-state index contributed by atoms with van der Waals surface area (Å²) in [6, 6.07) is 63.5. The zero-order valence-electron chi connectivity index (χ0n) is 28.0. The van der Waals surface area contributed by atoms with Gasteiger partial charge < -0.3 is 18.1 Å². The van der Waals surface area contributed by atoms with Crippen LogP contribution in [0, 0.1) is 0 Å². The molecular formula is C48H29N3O. The van der Waals surface area contributed by atoms with Crippen molar-refractivity contribution in [2.75, 3.05) is 0 Å². The maximum absolute atomic E-state index is 6.96. The Balaban J connectivity index is 1.23. The number of hydrogen-bond donors (Lipinski definition) is 0. The second-order valence-corrected chi connectivity index (χ2v) is 13.7. The lowest BCUT2D eigenvalue weighted by molar-refractivity contribution is 0.666. The highest BCUT2D eigenvalue weighted by atomic mass is 16.3. The Kier molecular flexibility index (Phi) is 5.47. The van der Waals surface area contributed by atoms with Gasteiger partial charge in [-0.15, -0.1) is 0 Å². The first-order valence-corrected chi connectivity index (χ1v) is 17.8. The quantitative estimate of drug-likeness (QED) is 0.185. The Hall–Kier alpha value is -7.04. The van der Waals surface area contributed by atoms with Gasteiger partial charge in [-0.3, -0.25) is 0 Å². The van der Waals surface area contributed by atoms with Crippen LogP contribution in [0.3, 0.4) is 0 Å². The molecule has 0 N–H and O–H groups in total. The molecule has 0 spiro atoms. The number of benzene rings is 8. The van der Waals surface area contributed by atoms with Gasteiger partial charge in [0, 0.05) is 54.5 Å². The van der Waals surface area contributed by atoms with Crippen LogP contribution in [0.4, 0.5) is 0 Å². The average Bonchev–Trinajstić information content (AvgIpc) is 3.94. The Morgan fingerprint density at radius 1 is 0.288 bits per heavy atom. The van der Waals surface area contributed by atoms with Crippen LogP contribution in [-0.4, -0.2) is 13.7 Å². The van der Waals surface area contributed by atoms with E-state index in [9.17, 15) is 0 Å². The van der Waals surface area contributed by atoms with Crippen molar-refractivity contribution in [1.29, 1.82) is 0 Å². The molecule has 0 aliphatic heterocycles. The first kappa shape index (κ1) is 27.7. The smallest absolute Gasteiger partial charge is 0.159 e. The molecule has 0 unspecified atom stereocenters. The lowest BCUT2D eigenvalue weighted by Gasteiger charge is -2.14. The Bertz CT molecular complexity index is 3260. The molecule has 0 amide bonds. The van der Waals surface area contributed by atoms with Gasteiger partial charge in [-0.05, 0) is 66.7 Å². The SMILES string of the molecule is c1ccc2c(c1)c1ccccc1n2-c1ccc2oc3c(-n4c5ccccc5c5ccccc54)cc(-n4c5ccccc5c5ccccc54)cc3c2c1. The van der Waals surface area contributed by atoms with E-state index in [0.717, 1.165) is 50.0 Å². The van der Waals surface area contributed by atoms with Gasteiger partial charge in [0.25, 0.3) is 0 Å². The summed E-state index contributed by atoms with van der Waals surface area (Å²) in [7, 11) is 0. The summed E-state index contributed by atoms with van der Waals surface area (Å²) >= 11 is 0. The maximum Gasteiger partial charge on any atom is 0.159 e. The summed E-state index contributed by atoms with van der Waals surface area (Å²) in [5.74, 6) is 0. The number of aromatic nitrogens is 3. The van der Waals surface area contributed by atoms with Crippen molar-refractivity contribution in [3.8, 4) is 17.1 Å². The highest BCUT2D eigenvalue weighted by molar-refractivity contribution is 6.15. The van der Waals surface area contributed by atoms with Crippen LogP contribution >= 0.6 is 0 Å². The predicted molar refractivity (Wildman–Crippen MR) is 217 cm³/mol. The molecule has 52 heavy (non-hydrogen) atoms. The van der Waals surface area contributed by atoms with Crippen molar-refractivity contribution in [1.82, 2.24) is 13.7 Å². The number of hydrogen-bond acceptors (Lipinski definition) is 1. The third kappa shape index (κ3) is 3.65. The number of para-hydroxylation sites is 6. The number of rotatable bonds is 3. The molecule has 0 aliphatic rings. The predicted octanol–water partition coefficient (Wildman–Crippen LogP) is 12.9. The Labute approximate surface area is 297 Å². The minimum Gasteiger partial charge on any atom is -0.454 e. The van der Waals surface area contributed by atoms with Gasteiger partial charge >= 0.3 is 0 Å². The van der Waals surface area contributed by atoms with Crippen molar-refractivity contribution in [3.63, 3.8) is 0 Å². The van der Waals surface area contributed by atoms with Crippen LogP contribution < -0.4 is 0 Å². The van der Waals surface area contributed by atoms with E-state index in [1.807, 2.05) is 0 Å². The van der Waals surface area contributed by atoms with Crippen LogP contribution in [0.25, 0.3) is 104 Å². The fourth-order valence-corrected chi connectivity index (χ4v) is 8.85. The molecule has 8 aromatic carbocycles. The van der Waals surface area contributed by atoms with Gasteiger partial charge in [-0.2, -0.15) is 0 Å². The van der Waals surface area contributed by atoms with Gasteiger partial charge in [-0.25, -0.2) is 0 Å². The number of fused-ring (bicyclic) bond motifs is 12. The minimum absolute atomic E-state index is 0.862. The standard InChI is InChI=1S/C48H29N3O/c1-7-19-40-32(13-1)33-14-2-8-20-41(33)49(40)30-25-26-47-38(27-30)39-28-31(50-42-21-9-3-15-34(42)35-16-4-10-22-43(35)50)29-46(48(39)52-47)51-44-23-11-5-17-36(44)37-18-6-12-24-45(37)51/h1-29H. The molecule has 0 fully saturated rings. The summed E-state index contributed by atoms with van der Waals surface area (Å²) in [4.78, 5) is 0. The summed E-state index contributed by atoms with van der Waals surface area (Å²) in [5.41, 5.74) is 12.0. The molecule has 4 heteroatoms. The van der Waals surface area contributed by atoms with Crippen LogP contribution in [0.5, 0.6) is 0 Å². The zero-order chi connectivity index (χ0) is 33.9. The van der Waals surface area contributed by atoms with Crippen LogP contribution in [0.15, 0.2) is 180 Å².